The third kappa shape index (κ3) is 4.01. The summed E-state index contributed by atoms with van der Waals surface area (Å²) < 4.78 is 28.2. The van der Waals surface area contributed by atoms with Crippen molar-refractivity contribution in [2.75, 3.05) is 21.5 Å². The van der Waals surface area contributed by atoms with E-state index in [1.807, 2.05) is 0 Å². The molecule has 0 radical (unpaired) electrons. The first kappa shape index (κ1) is 19.9. The quantitative estimate of drug-likeness (QED) is 0.805. The highest BCUT2D eigenvalue weighted by Crippen LogP contribution is 2.31. The molecule has 0 spiro atoms. The first-order valence-corrected chi connectivity index (χ1v) is 10.5. The lowest BCUT2D eigenvalue weighted by Gasteiger charge is -2.16. The zero-order valence-corrected chi connectivity index (χ0v) is 16.9. The zero-order valence-electron chi connectivity index (χ0n) is 16.1. The van der Waals surface area contributed by atoms with E-state index in [1.165, 1.54) is 13.0 Å². The molecular weight excluding hydrogens is 378 g/mol. The number of hydrogen-bond acceptors (Lipinski definition) is 4. The van der Waals surface area contributed by atoms with Crippen LogP contribution in [-0.4, -0.2) is 26.8 Å². The van der Waals surface area contributed by atoms with Crippen molar-refractivity contribution >= 4 is 38.9 Å². The van der Waals surface area contributed by atoms with Gasteiger partial charge in [0.2, 0.25) is 11.8 Å². The predicted octanol–water partition coefficient (Wildman–Crippen LogP) is 3.05. The summed E-state index contributed by atoms with van der Waals surface area (Å²) in [5.41, 5.74) is 3.30. The number of rotatable bonds is 5. The lowest BCUT2D eigenvalue weighted by Crippen LogP contribution is -2.25. The molecule has 0 saturated carbocycles. The van der Waals surface area contributed by atoms with Crippen molar-refractivity contribution in [3.05, 3.63) is 47.5 Å². The summed E-state index contributed by atoms with van der Waals surface area (Å²) in [6.45, 7) is 5.55. The molecule has 7 nitrogen and oxygen atoms in total. The van der Waals surface area contributed by atoms with Crippen LogP contribution < -0.4 is 14.9 Å². The molecule has 1 aliphatic heterocycles. The third-order valence-electron chi connectivity index (χ3n) is 4.68. The summed E-state index contributed by atoms with van der Waals surface area (Å²) in [7, 11) is -3.79. The number of nitrogens with one attached hydrogen (secondary N) is 2. The topological polar surface area (TPSA) is 95.6 Å². The van der Waals surface area contributed by atoms with Crippen molar-refractivity contribution in [3.63, 3.8) is 0 Å². The van der Waals surface area contributed by atoms with Crippen molar-refractivity contribution in [1.29, 1.82) is 0 Å². The van der Waals surface area contributed by atoms with Gasteiger partial charge in [-0.1, -0.05) is 6.92 Å². The van der Waals surface area contributed by atoms with Gasteiger partial charge in [0.25, 0.3) is 10.0 Å². The Morgan fingerprint density at radius 1 is 1.11 bits per heavy atom. The molecule has 1 heterocycles. The zero-order chi connectivity index (χ0) is 20.5. The molecule has 8 heteroatoms. The van der Waals surface area contributed by atoms with Crippen LogP contribution in [0.2, 0.25) is 0 Å². The van der Waals surface area contributed by atoms with Crippen molar-refractivity contribution in [1.82, 2.24) is 0 Å². The molecule has 2 N–H and O–H groups in total. The van der Waals surface area contributed by atoms with Gasteiger partial charge in [0.15, 0.2) is 0 Å². The van der Waals surface area contributed by atoms with Crippen molar-refractivity contribution in [2.45, 2.75) is 38.5 Å². The van der Waals surface area contributed by atoms with Crippen LogP contribution in [0, 0.1) is 6.92 Å². The number of fused-ring (bicyclic) bond motifs is 1. The van der Waals surface area contributed by atoms with Crippen molar-refractivity contribution in [3.8, 4) is 0 Å². The van der Waals surface area contributed by atoms with Crippen LogP contribution in [0.25, 0.3) is 0 Å². The summed E-state index contributed by atoms with van der Waals surface area (Å²) in [6, 6.07) is 9.87. The Morgan fingerprint density at radius 2 is 1.82 bits per heavy atom. The molecular formula is C20H23N3O4S. The molecule has 148 valence electrons. The van der Waals surface area contributed by atoms with E-state index in [-0.39, 0.29) is 16.7 Å². The van der Waals surface area contributed by atoms with Crippen LogP contribution in [0.5, 0.6) is 0 Å². The van der Waals surface area contributed by atoms with Crippen LogP contribution in [-0.2, 0) is 26.0 Å². The Hall–Kier alpha value is -2.87. The number of anilines is 3. The highest BCUT2D eigenvalue weighted by Gasteiger charge is 2.23. The fourth-order valence-electron chi connectivity index (χ4n) is 3.28. The number of sulfonamides is 1. The second kappa shape index (κ2) is 7.63. The van der Waals surface area contributed by atoms with E-state index in [2.05, 4.69) is 10.0 Å². The van der Waals surface area contributed by atoms with Gasteiger partial charge in [-0.25, -0.2) is 8.42 Å². The Kier molecular flexibility index (Phi) is 5.42. The van der Waals surface area contributed by atoms with Gasteiger partial charge >= 0.3 is 0 Å². The normalized spacial score (nSPS) is 13.2. The Balaban J connectivity index is 1.83. The maximum atomic E-state index is 12.8. The molecule has 3 rings (SSSR count). The summed E-state index contributed by atoms with van der Waals surface area (Å²) in [6.07, 6.45) is 1.04. The summed E-state index contributed by atoms with van der Waals surface area (Å²) >= 11 is 0. The van der Waals surface area contributed by atoms with E-state index in [4.69, 9.17) is 0 Å². The average molecular weight is 401 g/mol. The summed E-state index contributed by atoms with van der Waals surface area (Å²) in [5.74, 6) is -0.163. The van der Waals surface area contributed by atoms with Crippen LogP contribution in [0.3, 0.4) is 0 Å². The van der Waals surface area contributed by atoms with Gasteiger partial charge in [0.1, 0.15) is 0 Å². The molecule has 2 aromatic carbocycles. The average Bonchev–Trinajstić information content (AvgIpc) is 3.04. The standard InChI is InChI=1S/C20H23N3O4S/c1-4-20(25)21-16-6-8-19(13(2)11-16)28(26,27)22-17-5-7-18-15(12-17)9-10-23(18)14(3)24/h5-8,11-12,22H,4,9-10H2,1-3H3,(H,21,25). The van der Waals surface area contributed by atoms with E-state index in [0.29, 0.717) is 36.3 Å². The molecule has 0 unspecified atom stereocenters. The minimum atomic E-state index is -3.79. The smallest absolute Gasteiger partial charge is 0.262 e. The molecule has 2 amide bonds. The van der Waals surface area contributed by atoms with Gasteiger partial charge in [-0.15, -0.1) is 0 Å². The number of amides is 2. The molecule has 0 aliphatic carbocycles. The third-order valence-corrected chi connectivity index (χ3v) is 6.22. The van der Waals surface area contributed by atoms with Crippen molar-refractivity contribution in [2.24, 2.45) is 0 Å². The highest BCUT2D eigenvalue weighted by molar-refractivity contribution is 7.92. The number of carbonyl (C=O) groups is 2. The second-order valence-corrected chi connectivity index (χ2v) is 8.40. The number of carbonyl (C=O) groups excluding carboxylic acids is 2. The Bertz CT molecular complexity index is 1050. The lowest BCUT2D eigenvalue weighted by molar-refractivity contribution is -0.117. The van der Waals surface area contributed by atoms with Gasteiger partial charge in [0.05, 0.1) is 4.90 Å². The van der Waals surface area contributed by atoms with Gasteiger partial charge < -0.3 is 10.2 Å². The van der Waals surface area contributed by atoms with Gasteiger partial charge in [-0.2, -0.15) is 0 Å². The second-order valence-electron chi connectivity index (χ2n) is 6.75. The molecule has 28 heavy (non-hydrogen) atoms. The maximum Gasteiger partial charge on any atom is 0.262 e. The van der Waals surface area contributed by atoms with E-state index in [9.17, 15) is 18.0 Å². The van der Waals surface area contributed by atoms with Crippen LogP contribution >= 0.6 is 0 Å². The fourth-order valence-corrected chi connectivity index (χ4v) is 4.56. The van der Waals surface area contributed by atoms with Gasteiger partial charge in [-0.3, -0.25) is 14.3 Å². The van der Waals surface area contributed by atoms with Crippen LogP contribution in [0.4, 0.5) is 17.1 Å². The fraction of sp³-hybridized carbons (Fsp3) is 0.300. The van der Waals surface area contributed by atoms with E-state index >= 15 is 0 Å². The first-order chi connectivity index (χ1) is 13.2. The molecule has 0 atom stereocenters. The number of aryl methyl sites for hydroxylation is 1. The van der Waals surface area contributed by atoms with Crippen LogP contribution in [0.15, 0.2) is 41.3 Å². The van der Waals surface area contributed by atoms with E-state index in [0.717, 1.165) is 11.3 Å². The van der Waals surface area contributed by atoms with Crippen LogP contribution in [0.1, 0.15) is 31.4 Å². The van der Waals surface area contributed by atoms with Gasteiger partial charge in [0, 0.05) is 37.0 Å². The molecule has 0 fully saturated rings. The van der Waals surface area contributed by atoms with E-state index in [1.54, 1.807) is 49.1 Å². The molecule has 1 aliphatic rings. The lowest BCUT2D eigenvalue weighted by atomic mass is 10.1. The summed E-state index contributed by atoms with van der Waals surface area (Å²) in [5, 5.41) is 2.72. The number of hydrogen-bond donors (Lipinski definition) is 2. The Morgan fingerprint density at radius 3 is 2.46 bits per heavy atom. The Labute approximate surface area is 164 Å². The summed E-state index contributed by atoms with van der Waals surface area (Å²) in [4.78, 5) is 25.0. The van der Waals surface area contributed by atoms with E-state index < -0.39 is 10.0 Å². The van der Waals surface area contributed by atoms with Crippen molar-refractivity contribution < 1.29 is 18.0 Å². The van der Waals surface area contributed by atoms with Gasteiger partial charge in [-0.05, 0) is 60.9 Å². The molecule has 0 aromatic heterocycles. The molecule has 0 bridgehead atoms. The minimum absolute atomic E-state index is 0.0297. The predicted molar refractivity (Wildman–Crippen MR) is 109 cm³/mol. The largest absolute Gasteiger partial charge is 0.326 e. The monoisotopic (exact) mass is 401 g/mol. The highest BCUT2D eigenvalue weighted by atomic mass is 32.2. The SMILES string of the molecule is CCC(=O)Nc1ccc(S(=O)(=O)Nc2ccc3c(c2)CCN3C(C)=O)c(C)c1. The first-order valence-electron chi connectivity index (χ1n) is 9.05. The molecule has 0 saturated heterocycles. The number of nitrogens with zero attached hydrogens (tertiary/aromatic N) is 1. The maximum absolute atomic E-state index is 12.8. The molecule has 2 aromatic rings. The number of benzene rings is 2. The minimum Gasteiger partial charge on any atom is -0.326 e.